The molecule has 0 saturated heterocycles. The molecule has 0 radical (unpaired) electrons. The van der Waals surface area contributed by atoms with Gasteiger partial charge in [-0.05, 0) is 42.0 Å². The van der Waals surface area contributed by atoms with E-state index in [2.05, 4.69) is 36.2 Å². The molecule has 2 aromatic rings. The van der Waals surface area contributed by atoms with Crippen LogP contribution in [0.25, 0.3) is 10.9 Å². The van der Waals surface area contributed by atoms with E-state index in [1.807, 2.05) is 6.20 Å². The van der Waals surface area contributed by atoms with Crippen LogP contribution in [0.15, 0.2) is 30.5 Å². The number of H-pyrrole nitrogens is 1. The molecule has 0 aliphatic rings. The molecule has 74 valence electrons. The minimum atomic E-state index is 1.22. The van der Waals surface area contributed by atoms with Crippen LogP contribution in [0.3, 0.4) is 0 Å². The second kappa shape index (κ2) is 4.32. The number of fused-ring (bicyclic) bond motifs is 1. The van der Waals surface area contributed by atoms with E-state index in [4.69, 9.17) is 0 Å². The van der Waals surface area contributed by atoms with Crippen molar-refractivity contribution in [2.24, 2.45) is 0 Å². The average molecular weight is 187 g/mol. The summed E-state index contributed by atoms with van der Waals surface area (Å²) in [6.07, 6.45) is 7.17. The summed E-state index contributed by atoms with van der Waals surface area (Å²) in [5.74, 6) is 0. The Morgan fingerprint density at radius 2 is 2.07 bits per heavy atom. The summed E-state index contributed by atoms with van der Waals surface area (Å²) >= 11 is 0. The van der Waals surface area contributed by atoms with E-state index in [-0.39, 0.29) is 0 Å². The van der Waals surface area contributed by atoms with Gasteiger partial charge in [0.25, 0.3) is 0 Å². The van der Waals surface area contributed by atoms with Crippen molar-refractivity contribution in [1.82, 2.24) is 4.98 Å². The molecule has 14 heavy (non-hydrogen) atoms. The Morgan fingerprint density at radius 3 is 2.93 bits per heavy atom. The van der Waals surface area contributed by atoms with Crippen LogP contribution < -0.4 is 0 Å². The summed E-state index contributed by atoms with van der Waals surface area (Å²) in [7, 11) is 0. The van der Waals surface area contributed by atoms with E-state index in [1.165, 1.54) is 42.1 Å². The first-order valence-electron chi connectivity index (χ1n) is 5.46. The van der Waals surface area contributed by atoms with Gasteiger partial charge in [-0.15, -0.1) is 0 Å². The molecule has 1 aromatic carbocycles. The van der Waals surface area contributed by atoms with E-state index >= 15 is 0 Å². The van der Waals surface area contributed by atoms with Crippen molar-refractivity contribution in [3.8, 4) is 0 Å². The van der Waals surface area contributed by atoms with E-state index in [0.29, 0.717) is 0 Å². The van der Waals surface area contributed by atoms with Crippen molar-refractivity contribution >= 4 is 10.9 Å². The number of unbranched alkanes of at least 4 members (excludes halogenated alkanes) is 2. The normalized spacial score (nSPS) is 10.9. The SMILES string of the molecule is CCCCCc1ccc2[nH]ccc2c1. The lowest BCUT2D eigenvalue weighted by atomic mass is 10.1. The van der Waals surface area contributed by atoms with Crippen LogP contribution in [0.1, 0.15) is 31.7 Å². The number of benzene rings is 1. The number of hydrogen-bond acceptors (Lipinski definition) is 0. The molecule has 1 heterocycles. The number of hydrogen-bond donors (Lipinski definition) is 1. The molecular formula is C13H17N. The summed E-state index contributed by atoms with van der Waals surface area (Å²) in [6, 6.07) is 8.84. The molecule has 2 rings (SSSR count). The molecule has 1 aromatic heterocycles. The smallest absolute Gasteiger partial charge is 0.0454 e. The van der Waals surface area contributed by atoms with Gasteiger partial charge in [0, 0.05) is 11.7 Å². The molecule has 1 N–H and O–H groups in total. The van der Waals surface area contributed by atoms with Crippen molar-refractivity contribution in [2.75, 3.05) is 0 Å². The minimum absolute atomic E-state index is 1.22. The van der Waals surface area contributed by atoms with Gasteiger partial charge in [-0.3, -0.25) is 0 Å². The molecule has 0 spiro atoms. The third kappa shape index (κ3) is 1.98. The van der Waals surface area contributed by atoms with Gasteiger partial charge in [0.2, 0.25) is 0 Å². The van der Waals surface area contributed by atoms with Crippen molar-refractivity contribution in [1.29, 1.82) is 0 Å². The zero-order valence-corrected chi connectivity index (χ0v) is 8.72. The maximum Gasteiger partial charge on any atom is 0.0454 e. The van der Waals surface area contributed by atoms with Crippen LogP contribution in [0, 0.1) is 0 Å². The zero-order chi connectivity index (χ0) is 9.80. The van der Waals surface area contributed by atoms with Crippen LogP contribution >= 0.6 is 0 Å². The van der Waals surface area contributed by atoms with E-state index in [1.54, 1.807) is 0 Å². The molecule has 0 amide bonds. The molecular weight excluding hydrogens is 170 g/mol. The molecule has 0 bridgehead atoms. The Morgan fingerprint density at radius 1 is 1.14 bits per heavy atom. The van der Waals surface area contributed by atoms with Crippen LogP contribution in [0.4, 0.5) is 0 Å². The maximum atomic E-state index is 3.21. The Kier molecular flexibility index (Phi) is 2.87. The number of nitrogens with one attached hydrogen (secondary N) is 1. The predicted molar refractivity (Wildman–Crippen MR) is 61.5 cm³/mol. The van der Waals surface area contributed by atoms with E-state index in [9.17, 15) is 0 Å². The fraction of sp³-hybridized carbons (Fsp3) is 0.385. The van der Waals surface area contributed by atoms with Crippen molar-refractivity contribution < 1.29 is 0 Å². The third-order valence-electron chi connectivity index (χ3n) is 2.69. The number of aryl methyl sites for hydroxylation is 1. The molecule has 0 aliphatic carbocycles. The summed E-state index contributed by atoms with van der Waals surface area (Å²) < 4.78 is 0. The van der Waals surface area contributed by atoms with Gasteiger partial charge in [-0.1, -0.05) is 25.8 Å². The van der Waals surface area contributed by atoms with E-state index in [0.717, 1.165) is 0 Å². The van der Waals surface area contributed by atoms with Gasteiger partial charge in [0.05, 0.1) is 0 Å². The molecule has 0 atom stereocenters. The van der Waals surface area contributed by atoms with Gasteiger partial charge in [0.15, 0.2) is 0 Å². The Bertz CT molecular complexity index is 400. The van der Waals surface area contributed by atoms with Crippen LogP contribution in [-0.2, 0) is 6.42 Å². The standard InChI is InChI=1S/C13H17N/c1-2-3-4-5-11-6-7-13-12(10-11)8-9-14-13/h6-10,14H,2-5H2,1H3. The lowest BCUT2D eigenvalue weighted by Crippen LogP contribution is -1.84. The Hall–Kier alpha value is -1.24. The van der Waals surface area contributed by atoms with Gasteiger partial charge >= 0.3 is 0 Å². The highest BCUT2D eigenvalue weighted by atomic mass is 14.7. The molecule has 0 saturated carbocycles. The first-order chi connectivity index (χ1) is 6.90. The van der Waals surface area contributed by atoms with Gasteiger partial charge in [0.1, 0.15) is 0 Å². The lowest BCUT2D eigenvalue weighted by Gasteiger charge is -2.00. The fourth-order valence-corrected chi connectivity index (χ4v) is 1.84. The molecule has 1 nitrogen and oxygen atoms in total. The van der Waals surface area contributed by atoms with Gasteiger partial charge in [-0.25, -0.2) is 0 Å². The summed E-state index contributed by atoms with van der Waals surface area (Å²) in [4.78, 5) is 3.21. The topological polar surface area (TPSA) is 15.8 Å². The van der Waals surface area contributed by atoms with Crippen molar-refractivity contribution in [3.63, 3.8) is 0 Å². The summed E-state index contributed by atoms with van der Waals surface area (Å²) in [5, 5.41) is 1.33. The second-order valence-corrected chi connectivity index (χ2v) is 3.86. The maximum absolute atomic E-state index is 3.21. The minimum Gasteiger partial charge on any atom is -0.361 e. The Balaban J connectivity index is 2.10. The first-order valence-corrected chi connectivity index (χ1v) is 5.46. The quantitative estimate of drug-likeness (QED) is 0.699. The molecule has 1 heteroatoms. The highest BCUT2D eigenvalue weighted by Crippen LogP contribution is 2.15. The summed E-state index contributed by atoms with van der Waals surface area (Å²) in [6.45, 7) is 2.25. The number of aromatic nitrogens is 1. The van der Waals surface area contributed by atoms with Gasteiger partial charge in [-0.2, -0.15) is 0 Å². The van der Waals surface area contributed by atoms with E-state index < -0.39 is 0 Å². The van der Waals surface area contributed by atoms with Gasteiger partial charge < -0.3 is 4.98 Å². The van der Waals surface area contributed by atoms with Crippen LogP contribution in [-0.4, -0.2) is 4.98 Å². The highest BCUT2D eigenvalue weighted by Gasteiger charge is 1.96. The van der Waals surface area contributed by atoms with Crippen molar-refractivity contribution in [2.45, 2.75) is 32.6 Å². The lowest BCUT2D eigenvalue weighted by molar-refractivity contribution is 0.718. The number of aromatic amines is 1. The molecule has 0 unspecified atom stereocenters. The monoisotopic (exact) mass is 187 g/mol. The van der Waals surface area contributed by atoms with Crippen molar-refractivity contribution in [3.05, 3.63) is 36.0 Å². The first kappa shape index (κ1) is 9.32. The van der Waals surface area contributed by atoms with Crippen LogP contribution in [0.2, 0.25) is 0 Å². The third-order valence-corrected chi connectivity index (χ3v) is 2.69. The average Bonchev–Trinajstić information content (AvgIpc) is 2.65. The summed E-state index contributed by atoms with van der Waals surface area (Å²) in [5.41, 5.74) is 2.70. The molecule has 0 fully saturated rings. The zero-order valence-electron chi connectivity index (χ0n) is 8.72. The number of rotatable bonds is 4. The fourth-order valence-electron chi connectivity index (χ4n) is 1.84. The highest BCUT2D eigenvalue weighted by molar-refractivity contribution is 5.79. The second-order valence-electron chi connectivity index (χ2n) is 3.86. The Labute approximate surface area is 85.1 Å². The predicted octanol–water partition coefficient (Wildman–Crippen LogP) is 3.90. The largest absolute Gasteiger partial charge is 0.361 e. The van der Waals surface area contributed by atoms with Crippen LogP contribution in [0.5, 0.6) is 0 Å². The molecule has 0 aliphatic heterocycles.